The summed E-state index contributed by atoms with van der Waals surface area (Å²) < 4.78 is 0. The monoisotopic (exact) mass is 170 g/mol. The number of rotatable bonds is 2. The lowest BCUT2D eigenvalue weighted by molar-refractivity contribution is -0.139. The molecule has 0 saturated heterocycles. The Kier molecular flexibility index (Phi) is 2.16. The third-order valence-electron chi connectivity index (χ3n) is 1.32. The maximum absolute atomic E-state index is 10.4. The van der Waals surface area contributed by atoms with Crippen molar-refractivity contribution in [3.05, 3.63) is 23.8 Å². The van der Waals surface area contributed by atoms with Crippen LogP contribution < -0.4 is 4.89 Å². The molecular weight excluding hydrogens is 164 g/mol. The van der Waals surface area contributed by atoms with Crippen LogP contribution in [-0.4, -0.2) is 21.4 Å². The predicted molar refractivity (Wildman–Crippen MR) is 38.3 cm³/mol. The van der Waals surface area contributed by atoms with Crippen LogP contribution in [0.2, 0.25) is 0 Å². The van der Waals surface area contributed by atoms with Crippen molar-refractivity contribution in [2.24, 2.45) is 0 Å². The molecule has 0 aliphatic carbocycles. The summed E-state index contributed by atoms with van der Waals surface area (Å²) in [6.45, 7) is 0. The Hall–Kier alpha value is -1.75. The van der Waals surface area contributed by atoms with Crippen molar-refractivity contribution in [3.8, 4) is 11.5 Å². The van der Waals surface area contributed by atoms with Gasteiger partial charge in [0, 0.05) is 0 Å². The van der Waals surface area contributed by atoms with E-state index in [0.717, 1.165) is 0 Å². The fourth-order valence-corrected chi connectivity index (χ4v) is 0.789. The van der Waals surface area contributed by atoms with Crippen molar-refractivity contribution in [1.29, 1.82) is 0 Å². The third kappa shape index (κ3) is 1.30. The van der Waals surface area contributed by atoms with Crippen molar-refractivity contribution in [2.45, 2.75) is 0 Å². The summed E-state index contributed by atoms with van der Waals surface area (Å²) in [5.74, 6) is -2.16. The quantitative estimate of drug-likeness (QED) is 0.454. The number of benzene rings is 1. The summed E-state index contributed by atoms with van der Waals surface area (Å²) in [4.78, 5) is 14.1. The van der Waals surface area contributed by atoms with Crippen molar-refractivity contribution in [3.63, 3.8) is 0 Å². The number of carboxylic acid groups (broad SMARTS) is 1. The summed E-state index contributed by atoms with van der Waals surface area (Å²) in [5.41, 5.74) is -0.294. The van der Waals surface area contributed by atoms with E-state index in [4.69, 9.17) is 15.5 Å². The van der Waals surface area contributed by atoms with E-state index in [-0.39, 0.29) is 5.56 Å². The SMILES string of the molecule is O=C(O)c1cccc(O)c1OO. The smallest absolute Gasteiger partial charge is 0.339 e. The fourth-order valence-electron chi connectivity index (χ4n) is 0.789. The number of phenolic OH excluding ortho intramolecular Hbond substituents is 1. The summed E-state index contributed by atoms with van der Waals surface area (Å²) in [7, 11) is 0. The molecule has 0 unspecified atom stereocenters. The van der Waals surface area contributed by atoms with Gasteiger partial charge in [0.1, 0.15) is 5.56 Å². The van der Waals surface area contributed by atoms with Crippen LogP contribution in [0.4, 0.5) is 0 Å². The molecular formula is C7H6O5. The van der Waals surface area contributed by atoms with E-state index in [9.17, 15) is 4.79 Å². The van der Waals surface area contributed by atoms with Gasteiger partial charge in [-0.2, -0.15) is 0 Å². The normalized spacial score (nSPS) is 9.42. The molecule has 0 aromatic heterocycles. The first-order valence-electron chi connectivity index (χ1n) is 3.03. The van der Waals surface area contributed by atoms with Crippen LogP contribution >= 0.6 is 0 Å². The van der Waals surface area contributed by atoms with Crippen molar-refractivity contribution >= 4 is 5.97 Å². The Morgan fingerprint density at radius 2 is 2.08 bits per heavy atom. The largest absolute Gasteiger partial charge is 0.504 e. The van der Waals surface area contributed by atoms with Crippen LogP contribution in [0.15, 0.2) is 18.2 Å². The third-order valence-corrected chi connectivity index (χ3v) is 1.32. The molecule has 12 heavy (non-hydrogen) atoms. The topological polar surface area (TPSA) is 87.0 Å². The number of hydrogen-bond donors (Lipinski definition) is 3. The molecule has 0 heterocycles. The van der Waals surface area contributed by atoms with Gasteiger partial charge in [-0.3, -0.25) is 0 Å². The summed E-state index contributed by atoms with van der Waals surface area (Å²) in [6.07, 6.45) is 0. The Bertz CT molecular complexity index is 307. The molecule has 0 fully saturated rings. The number of carboxylic acids is 1. The van der Waals surface area contributed by atoms with Crippen LogP contribution in [0.25, 0.3) is 0 Å². The van der Waals surface area contributed by atoms with E-state index in [0.29, 0.717) is 0 Å². The second-order valence-electron chi connectivity index (χ2n) is 2.05. The molecule has 1 aromatic carbocycles. The average Bonchev–Trinajstić information content (AvgIpc) is 2.03. The first-order chi connectivity index (χ1) is 5.66. The fraction of sp³-hybridized carbons (Fsp3) is 0. The molecule has 5 heteroatoms. The molecule has 64 valence electrons. The van der Waals surface area contributed by atoms with E-state index in [1.165, 1.54) is 18.2 Å². The van der Waals surface area contributed by atoms with E-state index >= 15 is 0 Å². The number of aromatic carboxylic acids is 1. The summed E-state index contributed by atoms with van der Waals surface area (Å²) in [6, 6.07) is 3.74. The molecule has 5 nitrogen and oxygen atoms in total. The molecule has 0 bridgehead atoms. The molecule has 0 radical (unpaired) electrons. The Labute approximate surface area is 67.4 Å². The van der Waals surface area contributed by atoms with Crippen LogP contribution in [0, 0.1) is 0 Å². The minimum atomic E-state index is -1.28. The van der Waals surface area contributed by atoms with Crippen LogP contribution in [0.5, 0.6) is 11.5 Å². The standard InChI is InChI=1S/C7H6O5/c8-5-3-1-2-4(7(9)10)6(5)12-11/h1-3,8,11H,(H,9,10). The second-order valence-corrected chi connectivity index (χ2v) is 2.05. The van der Waals surface area contributed by atoms with Crippen molar-refractivity contribution in [2.75, 3.05) is 0 Å². The van der Waals surface area contributed by atoms with Gasteiger partial charge in [0.2, 0.25) is 5.75 Å². The minimum Gasteiger partial charge on any atom is -0.504 e. The average molecular weight is 170 g/mol. The number of carbonyl (C=O) groups is 1. The van der Waals surface area contributed by atoms with E-state index < -0.39 is 17.5 Å². The molecule has 1 rings (SSSR count). The zero-order valence-corrected chi connectivity index (χ0v) is 5.89. The van der Waals surface area contributed by atoms with E-state index in [1.54, 1.807) is 0 Å². The highest BCUT2D eigenvalue weighted by Crippen LogP contribution is 2.28. The number of hydrogen-bond acceptors (Lipinski definition) is 4. The Balaban J connectivity index is 3.27. The Morgan fingerprint density at radius 1 is 1.42 bits per heavy atom. The second kappa shape index (κ2) is 3.10. The molecule has 0 aliphatic rings. The van der Waals surface area contributed by atoms with Gasteiger partial charge in [0.25, 0.3) is 0 Å². The van der Waals surface area contributed by atoms with Gasteiger partial charge in [0.15, 0.2) is 5.75 Å². The van der Waals surface area contributed by atoms with Crippen LogP contribution in [0.3, 0.4) is 0 Å². The number of phenols is 1. The highest BCUT2D eigenvalue weighted by atomic mass is 17.1. The highest BCUT2D eigenvalue weighted by Gasteiger charge is 2.14. The maximum Gasteiger partial charge on any atom is 0.339 e. The first kappa shape index (κ1) is 8.35. The van der Waals surface area contributed by atoms with Gasteiger partial charge < -0.3 is 15.1 Å². The highest BCUT2D eigenvalue weighted by molar-refractivity contribution is 5.91. The van der Waals surface area contributed by atoms with E-state index in [2.05, 4.69) is 4.89 Å². The number of para-hydroxylation sites is 1. The van der Waals surface area contributed by atoms with Crippen molar-refractivity contribution < 1.29 is 25.2 Å². The van der Waals surface area contributed by atoms with Crippen molar-refractivity contribution in [1.82, 2.24) is 0 Å². The molecule has 1 aromatic rings. The summed E-state index contributed by atoms with van der Waals surface area (Å²) in [5, 5.41) is 25.7. The zero-order valence-electron chi connectivity index (χ0n) is 5.89. The van der Waals surface area contributed by atoms with E-state index in [1.807, 2.05) is 0 Å². The predicted octanol–water partition coefficient (Wildman–Crippen LogP) is 0.942. The lowest BCUT2D eigenvalue weighted by Gasteiger charge is -2.02. The van der Waals surface area contributed by atoms with Gasteiger partial charge >= 0.3 is 5.97 Å². The van der Waals surface area contributed by atoms with Gasteiger partial charge in [-0.1, -0.05) is 6.07 Å². The van der Waals surface area contributed by atoms with Gasteiger partial charge in [0.05, 0.1) is 0 Å². The summed E-state index contributed by atoms with van der Waals surface area (Å²) >= 11 is 0. The van der Waals surface area contributed by atoms with Gasteiger partial charge in [-0.05, 0) is 12.1 Å². The molecule has 0 aliphatic heterocycles. The molecule has 3 N–H and O–H groups in total. The van der Waals surface area contributed by atoms with Crippen LogP contribution in [0.1, 0.15) is 10.4 Å². The molecule has 0 saturated carbocycles. The molecule has 0 amide bonds. The molecule has 0 atom stereocenters. The minimum absolute atomic E-state index is 0.294. The lowest BCUT2D eigenvalue weighted by Crippen LogP contribution is -2.00. The number of aromatic hydroxyl groups is 1. The van der Waals surface area contributed by atoms with Gasteiger partial charge in [-0.25, -0.2) is 10.1 Å². The van der Waals surface area contributed by atoms with Crippen LogP contribution in [-0.2, 0) is 0 Å². The maximum atomic E-state index is 10.4. The first-order valence-corrected chi connectivity index (χ1v) is 3.03. The van der Waals surface area contributed by atoms with Gasteiger partial charge in [-0.15, -0.1) is 0 Å². The molecule has 0 spiro atoms. The lowest BCUT2D eigenvalue weighted by atomic mass is 10.2. The Morgan fingerprint density at radius 3 is 2.50 bits per heavy atom. The zero-order chi connectivity index (χ0) is 9.14.